The van der Waals surface area contributed by atoms with Gasteiger partial charge >= 0.3 is 12.1 Å². The van der Waals surface area contributed by atoms with Crippen LogP contribution in [0.2, 0.25) is 0 Å². The molecule has 0 aliphatic carbocycles. The first kappa shape index (κ1) is 25.4. The molecule has 4 rings (SSSR count). The number of carbonyl (C=O) groups is 2. The lowest BCUT2D eigenvalue weighted by Crippen LogP contribution is -2.28. The third kappa shape index (κ3) is 5.45. The van der Waals surface area contributed by atoms with Crippen LogP contribution < -0.4 is 15.2 Å². The first-order valence-corrected chi connectivity index (χ1v) is 11.6. The van der Waals surface area contributed by atoms with Gasteiger partial charge in [-0.3, -0.25) is 10.2 Å². The quantitative estimate of drug-likeness (QED) is 0.173. The SMILES string of the molecule is CC1=NN(c2ccc(C(C)(C)C)cc2)C(=O)C1=NNc1cc(C)cc(-c2cccc(OC(=O)O)c2)c1O. The van der Waals surface area contributed by atoms with Gasteiger partial charge in [-0.1, -0.05) is 45.0 Å². The van der Waals surface area contributed by atoms with Crippen molar-refractivity contribution in [2.24, 2.45) is 10.2 Å². The lowest BCUT2D eigenvalue weighted by molar-refractivity contribution is -0.112. The highest BCUT2D eigenvalue weighted by atomic mass is 16.7. The Morgan fingerprint density at radius 1 is 1.05 bits per heavy atom. The van der Waals surface area contributed by atoms with Crippen LogP contribution in [0, 0.1) is 6.92 Å². The molecular weight excluding hydrogens is 472 g/mol. The van der Waals surface area contributed by atoms with Gasteiger partial charge < -0.3 is 14.9 Å². The molecule has 0 atom stereocenters. The molecule has 3 aromatic rings. The van der Waals surface area contributed by atoms with Crippen LogP contribution >= 0.6 is 0 Å². The molecule has 0 aromatic heterocycles. The Kier molecular flexibility index (Phi) is 6.72. The molecule has 3 aromatic carbocycles. The maximum Gasteiger partial charge on any atom is 0.511 e. The standard InChI is InChI=1S/C28H28N4O5/c1-16-13-22(18-7-6-8-21(15-18)37-27(35)36)25(33)23(14-16)29-30-24-17(2)31-32(26(24)34)20-11-9-19(10-12-20)28(3,4)5/h6-15,29,33H,1-5H3,(H,35,36). The highest BCUT2D eigenvalue weighted by Crippen LogP contribution is 2.38. The molecule has 0 unspecified atom stereocenters. The van der Waals surface area contributed by atoms with E-state index in [1.165, 1.54) is 17.1 Å². The summed E-state index contributed by atoms with van der Waals surface area (Å²) >= 11 is 0. The minimum absolute atomic E-state index is 0.0114. The number of phenols is 1. The summed E-state index contributed by atoms with van der Waals surface area (Å²) in [5.74, 6) is -0.379. The summed E-state index contributed by atoms with van der Waals surface area (Å²) in [6, 6.07) is 17.5. The molecule has 1 aliphatic rings. The average molecular weight is 501 g/mol. The van der Waals surface area contributed by atoms with Gasteiger partial charge in [-0.05, 0) is 72.4 Å². The van der Waals surface area contributed by atoms with Crippen molar-refractivity contribution in [1.82, 2.24) is 0 Å². The van der Waals surface area contributed by atoms with E-state index in [1.54, 1.807) is 31.2 Å². The van der Waals surface area contributed by atoms with E-state index in [4.69, 9.17) is 9.84 Å². The molecule has 0 saturated carbocycles. The molecule has 1 heterocycles. The minimum Gasteiger partial charge on any atom is -0.505 e. The lowest BCUT2D eigenvalue weighted by atomic mass is 9.87. The molecule has 37 heavy (non-hydrogen) atoms. The number of rotatable bonds is 5. The monoisotopic (exact) mass is 500 g/mol. The van der Waals surface area contributed by atoms with Crippen molar-refractivity contribution in [3.8, 4) is 22.6 Å². The van der Waals surface area contributed by atoms with Crippen LogP contribution in [-0.4, -0.2) is 33.7 Å². The topological polar surface area (TPSA) is 124 Å². The van der Waals surface area contributed by atoms with Gasteiger partial charge in [0.15, 0.2) is 5.71 Å². The molecular formula is C28H28N4O5. The number of amides is 1. The van der Waals surface area contributed by atoms with Crippen molar-refractivity contribution in [1.29, 1.82) is 0 Å². The van der Waals surface area contributed by atoms with E-state index in [0.717, 1.165) is 11.1 Å². The molecule has 0 radical (unpaired) electrons. The fourth-order valence-corrected chi connectivity index (χ4v) is 3.93. The number of aryl methyl sites for hydroxylation is 1. The molecule has 0 spiro atoms. The number of phenolic OH excluding ortho intramolecular Hbond substituents is 1. The smallest absolute Gasteiger partial charge is 0.505 e. The summed E-state index contributed by atoms with van der Waals surface area (Å²) in [6.07, 6.45) is -1.43. The van der Waals surface area contributed by atoms with E-state index in [0.29, 0.717) is 22.5 Å². The molecule has 1 amide bonds. The first-order chi connectivity index (χ1) is 17.4. The Morgan fingerprint density at radius 2 is 1.76 bits per heavy atom. The summed E-state index contributed by atoms with van der Waals surface area (Å²) < 4.78 is 4.73. The number of nitrogens with one attached hydrogen (secondary N) is 1. The van der Waals surface area contributed by atoms with Crippen molar-refractivity contribution in [2.45, 2.75) is 40.0 Å². The molecule has 0 fully saturated rings. The third-order valence-electron chi connectivity index (χ3n) is 5.86. The maximum absolute atomic E-state index is 13.1. The van der Waals surface area contributed by atoms with Crippen molar-refractivity contribution in [3.63, 3.8) is 0 Å². The molecule has 9 heteroatoms. The first-order valence-electron chi connectivity index (χ1n) is 11.6. The number of hydrogen-bond acceptors (Lipinski definition) is 7. The third-order valence-corrected chi connectivity index (χ3v) is 5.86. The van der Waals surface area contributed by atoms with E-state index in [1.807, 2.05) is 31.2 Å². The molecule has 0 bridgehead atoms. The van der Waals surface area contributed by atoms with Gasteiger partial charge in [0.1, 0.15) is 11.5 Å². The zero-order chi connectivity index (χ0) is 26.9. The second-order valence-corrected chi connectivity index (χ2v) is 9.78. The van der Waals surface area contributed by atoms with Crippen LogP contribution in [0.15, 0.2) is 70.9 Å². The predicted octanol–water partition coefficient (Wildman–Crippen LogP) is 5.91. The van der Waals surface area contributed by atoms with Gasteiger partial charge in [-0.2, -0.15) is 15.2 Å². The predicted molar refractivity (Wildman–Crippen MR) is 144 cm³/mol. The van der Waals surface area contributed by atoms with E-state index in [2.05, 4.69) is 36.4 Å². The minimum atomic E-state index is -1.43. The molecule has 190 valence electrons. The Hall–Kier alpha value is -4.66. The second kappa shape index (κ2) is 9.77. The molecule has 3 N–H and O–H groups in total. The highest BCUT2D eigenvalue weighted by molar-refractivity contribution is 6.71. The molecule has 0 saturated heterocycles. The van der Waals surface area contributed by atoms with Gasteiger partial charge in [0, 0.05) is 5.56 Å². The molecule has 1 aliphatic heterocycles. The normalized spacial score (nSPS) is 14.6. The second-order valence-electron chi connectivity index (χ2n) is 9.78. The number of hydrogen-bond donors (Lipinski definition) is 3. The fraction of sp³-hybridized carbons (Fsp3) is 0.214. The van der Waals surface area contributed by atoms with E-state index in [9.17, 15) is 14.7 Å². The van der Waals surface area contributed by atoms with E-state index >= 15 is 0 Å². The van der Waals surface area contributed by atoms with Crippen LogP contribution in [0.4, 0.5) is 16.2 Å². The summed E-state index contributed by atoms with van der Waals surface area (Å²) in [6.45, 7) is 9.89. The number of anilines is 2. The number of ether oxygens (including phenoxy) is 1. The van der Waals surface area contributed by atoms with Gasteiger partial charge in [0.2, 0.25) is 0 Å². The van der Waals surface area contributed by atoms with Crippen LogP contribution in [0.25, 0.3) is 11.1 Å². The van der Waals surface area contributed by atoms with Gasteiger partial charge in [0.05, 0.1) is 17.1 Å². The zero-order valence-electron chi connectivity index (χ0n) is 21.2. The Bertz CT molecular complexity index is 1440. The molecule has 9 nitrogen and oxygen atoms in total. The summed E-state index contributed by atoms with van der Waals surface area (Å²) in [5, 5.41) is 29.8. The Labute approximate surface area is 214 Å². The summed E-state index contributed by atoms with van der Waals surface area (Å²) in [7, 11) is 0. The highest BCUT2D eigenvalue weighted by Gasteiger charge is 2.31. The van der Waals surface area contributed by atoms with Gasteiger partial charge in [-0.15, -0.1) is 0 Å². The van der Waals surface area contributed by atoms with Gasteiger partial charge in [-0.25, -0.2) is 4.79 Å². The number of carboxylic acid groups (broad SMARTS) is 1. The zero-order valence-corrected chi connectivity index (χ0v) is 21.2. The largest absolute Gasteiger partial charge is 0.511 e. The van der Waals surface area contributed by atoms with Crippen LogP contribution in [0.5, 0.6) is 11.5 Å². The van der Waals surface area contributed by atoms with Crippen molar-refractivity contribution < 1.29 is 24.5 Å². The maximum atomic E-state index is 13.1. The Morgan fingerprint density at radius 3 is 2.41 bits per heavy atom. The summed E-state index contributed by atoms with van der Waals surface area (Å²) in [4.78, 5) is 24.0. The van der Waals surface area contributed by atoms with Crippen LogP contribution in [0.1, 0.15) is 38.8 Å². The van der Waals surface area contributed by atoms with Crippen LogP contribution in [0.3, 0.4) is 0 Å². The van der Waals surface area contributed by atoms with Crippen molar-refractivity contribution in [3.05, 3.63) is 71.8 Å². The Balaban J connectivity index is 1.59. The van der Waals surface area contributed by atoms with E-state index in [-0.39, 0.29) is 34.2 Å². The lowest BCUT2D eigenvalue weighted by Gasteiger charge is -2.20. The fourth-order valence-electron chi connectivity index (χ4n) is 3.93. The number of nitrogens with zero attached hydrogens (tertiary/aromatic N) is 3. The van der Waals surface area contributed by atoms with Crippen LogP contribution in [-0.2, 0) is 10.2 Å². The van der Waals surface area contributed by atoms with Gasteiger partial charge in [0.25, 0.3) is 0 Å². The van der Waals surface area contributed by atoms with Crippen molar-refractivity contribution in [2.75, 3.05) is 10.4 Å². The summed E-state index contributed by atoms with van der Waals surface area (Å²) in [5.41, 5.74) is 7.21. The number of hydrazone groups is 2. The number of benzene rings is 3. The van der Waals surface area contributed by atoms with E-state index < -0.39 is 6.16 Å². The number of aromatic hydroxyl groups is 1. The van der Waals surface area contributed by atoms with Crippen molar-refractivity contribution >= 4 is 34.9 Å². The number of carbonyl (C=O) groups excluding carboxylic acids is 1. The average Bonchev–Trinajstić information content (AvgIpc) is 3.11.